The summed E-state index contributed by atoms with van der Waals surface area (Å²) in [6.45, 7) is 2.24. The van der Waals surface area contributed by atoms with Crippen LogP contribution in [0.5, 0.6) is 11.5 Å². The van der Waals surface area contributed by atoms with E-state index in [1.165, 1.54) is 0 Å². The van der Waals surface area contributed by atoms with E-state index in [9.17, 15) is 0 Å². The number of methoxy groups -OCH3 is 2. The van der Waals surface area contributed by atoms with Gasteiger partial charge in [-0.15, -0.1) is 0 Å². The van der Waals surface area contributed by atoms with Gasteiger partial charge in [0.2, 0.25) is 0 Å². The van der Waals surface area contributed by atoms with Crippen molar-refractivity contribution in [2.45, 2.75) is 24.5 Å². The lowest BCUT2D eigenvalue weighted by atomic mass is 9.61. The molecule has 4 nitrogen and oxygen atoms in total. The molecule has 29 heavy (non-hydrogen) atoms. The lowest BCUT2D eigenvalue weighted by molar-refractivity contribution is -0.456. The fraction of sp³-hybridized carbons (Fsp3) is 0.280. The van der Waals surface area contributed by atoms with E-state index < -0.39 is 11.2 Å². The summed E-state index contributed by atoms with van der Waals surface area (Å²) >= 11 is 0. The summed E-state index contributed by atoms with van der Waals surface area (Å²) in [5.41, 5.74) is 3.19. The number of ether oxygens (including phenoxy) is 2. The summed E-state index contributed by atoms with van der Waals surface area (Å²) in [4.78, 5) is 12.6. The van der Waals surface area contributed by atoms with E-state index in [2.05, 4.69) is 55.5 Å². The molecule has 0 saturated carbocycles. The fourth-order valence-electron chi connectivity index (χ4n) is 4.96. The normalized spacial score (nSPS) is 27.3. The van der Waals surface area contributed by atoms with Gasteiger partial charge in [0.15, 0.2) is 11.2 Å². The second-order valence-corrected chi connectivity index (χ2v) is 7.84. The van der Waals surface area contributed by atoms with Gasteiger partial charge in [-0.25, -0.2) is 9.78 Å². The van der Waals surface area contributed by atoms with Crippen molar-refractivity contribution in [1.82, 2.24) is 0 Å². The van der Waals surface area contributed by atoms with E-state index in [0.29, 0.717) is 0 Å². The van der Waals surface area contributed by atoms with Crippen molar-refractivity contribution in [2.24, 2.45) is 5.92 Å². The number of fused-ring (bicyclic) bond motifs is 2. The van der Waals surface area contributed by atoms with E-state index >= 15 is 0 Å². The first kappa shape index (κ1) is 18.2. The molecule has 3 aromatic rings. The van der Waals surface area contributed by atoms with Crippen LogP contribution in [0, 0.1) is 5.92 Å². The van der Waals surface area contributed by atoms with Crippen LogP contribution in [-0.2, 0) is 21.0 Å². The molecule has 148 valence electrons. The molecule has 0 radical (unpaired) electrons. The Bertz CT molecular complexity index is 1030. The van der Waals surface area contributed by atoms with Gasteiger partial charge in [-0.05, 0) is 52.9 Å². The third-order valence-electron chi connectivity index (χ3n) is 6.44. The predicted molar refractivity (Wildman–Crippen MR) is 110 cm³/mol. The van der Waals surface area contributed by atoms with Crippen LogP contribution in [0.2, 0.25) is 0 Å². The Kier molecular flexibility index (Phi) is 4.16. The van der Waals surface area contributed by atoms with Gasteiger partial charge in [-0.1, -0.05) is 55.5 Å². The lowest BCUT2D eigenvalue weighted by Crippen LogP contribution is -2.56. The van der Waals surface area contributed by atoms with Crippen molar-refractivity contribution < 1.29 is 19.2 Å². The van der Waals surface area contributed by atoms with Crippen molar-refractivity contribution >= 4 is 0 Å². The number of benzene rings is 3. The Morgan fingerprint density at radius 2 is 1.28 bits per heavy atom. The van der Waals surface area contributed by atoms with Crippen LogP contribution in [0.1, 0.15) is 35.6 Å². The predicted octanol–water partition coefficient (Wildman–Crippen LogP) is 5.19. The Morgan fingerprint density at radius 1 is 0.724 bits per heavy atom. The smallest absolute Gasteiger partial charge is 0.156 e. The Morgan fingerprint density at radius 3 is 1.83 bits per heavy atom. The minimum Gasteiger partial charge on any atom is -0.497 e. The molecule has 2 heterocycles. The molecule has 3 aromatic carbocycles. The summed E-state index contributed by atoms with van der Waals surface area (Å²) in [5.74, 6) is 1.86. The molecule has 1 aliphatic carbocycles. The molecule has 3 atom stereocenters. The Labute approximate surface area is 170 Å². The number of hydrogen-bond donors (Lipinski definition) is 0. The molecule has 0 N–H and O–H groups in total. The highest BCUT2D eigenvalue weighted by Crippen LogP contribution is 2.60. The number of rotatable bonds is 4. The van der Waals surface area contributed by atoms with Crippen LogP contribution < -0.4 is 9.47 Å². The molecular formula is C25H24O4. The van der Waals surface area contributed by atoms with Crippen LogP contribution in [0.3, 0.4) is 0 Å². The van der Waals surface area contributed by atoms with Crippen molar-refractivity contribution in [1.29, 1.82) is 0 Å². The maximum absolute atomic E-state index is 6.31. The van der Waals surface area contributed by atoms with E-state index in [-0.39, 0.29) is 5.92 Å². The fourth-order valence-corrected chi connectivity index (χ4v) is 4.96. The molecule has 0 aromatic heterocycles. The highest BCUT2D eigenvalue weighted by molar-refractivity contribution is 5.53. The van der Waals surface area contributed by atoms with E-state index in [1.54, 1.807) is 14.2 Å². The van der Waals surface area contributed by atoms with E-state index in [4.69, 9.17) is 19.2 Å². The summed E-state index contributed by atoms with van der Waals surface area (Å²) in [6, 6.07) is 24.6. The second-order valence-electron chi connectivity index (χ2n) is 7.84. The minimum absolute atomic E-state index is 0.210. The molecule has 2 bridgehead atoms. The standard InChI is InChI=1S/C25H24O4/c1-17-16-24(18-8-12-20(26-2)13-9-18)22-6-4-5-7-23(22)25(17,29-28-24)19-10-14-21(27-3)15-11-19/h4-15,17H,16H2,1-3H3/t17-,24?,25?/m1/s1. The zero-order valence-electron chi connectivity index (χ0n) is 16.8. The molecule has 2 unspecified atom stereocenters. The minimum atomic E-state index is -0.642. The van der Waals surface area contributed by atoms with Crippen molar-refractivity contribution in [3.05, 3.63) is 95.1 Å². The molecule has 1 saturated heterocycles. The highest BCUT2D eigenvalue weighted by Gasteiger charge is 2.60. The average molecular weight is 388 g/mol. The van der Waals surface area contributed by atoms with E-state index in [0.717, 1.165) is 40.2 Å². The molecule has 0 spiro atoms. The van der Waals surface area contributed by atoms with Gasteiger partial charge in [0.05, 0.1) is 14.2 Å². The van der Waals surface area contributed by atoms with Crippen LogP contribution >= 0.6 is 0 Å². The third kappa shape index (κ3) is 2.46. The maximum Gasteiger partial charge on any atom is 0.156 e. The molecule has 1 fully saturated rings. The first-order chi connectivity index (χ1) is 14.1. The van der Waals surface area contributed by atoms with Gasteiger partial charge < -0.3 is 9.47 Å². The SMILES string of the molecule is COc1ccc(C23C[C@@H](C)C(c4ccc(OC)cc4)(OO2)c2ccccc23)cc1. The second kappa shape index (κ2) is 6.61. The first-order valence-corrected chi connectivity index (χ1v) is 9.90. The van der Waals surface area contributed by atoms with Crippen LogP contribution in [-0.4, -0.2) is 14.2 Å². The average Bonchev–Trinajstić information content (AvgIpc) is 2.80. The van der Waals surface area contributed by atoms with Crippen LogP contribution in [0.15, 0.2) is 72.8 Å². The maximum atomic E-state index is 6.31. The molecule has 2 aliphatic heterocycles. The van der Waals surface area contributed by atoms with Crippen LogP contribution in [0.4, 0.5) is 0 Å². The van der Waals surface area contributed by atoms with Gasteiger partial charge in [0.25, 0.3) is 0 Å². The topological polar surface area (TPSA) is 36.9 Å². The van der Waals surface area contributed by atoms with Crippen molar-refractivity contribution in [2.75, 3.05) is 14.2 Å². The first-order valence-electron chi connectivity index (χ1n) is 9.90. The van der Waals surface area contributed by atoms with Crippen molar-refractivity contribution in [3.8, 4) is 11.5 Å². The summed E-state index contributed by atoms with van der Waals surface area (Å²) < 4.78 is 10.7. The van der Waals surface area contributed by atoms with Crippen molar-refractivity contribution in [3.63, 3.8) is 0 Å². The Balaban J connectivity index is 1.69. The quantitative estimate of drug-likeness (QED) is 0.576. The molecule has 0 amide bonds. The van der Waals surface area contributed by atoms with E-state index in [1.807, 2.05) is 24.3 Å². The largest absolute Gasteiger partial charge is 0.497 e. The monoisotopic (exact) mass is 388 g/mol. The highest BCUT2D eigenvalue weighted by atomic mass is 17.2. The van der Waals surface area contributed by atoms with Gasteiger partial charge in [-0.2, -0.15) is 0 Å². The van der Waals surface area contributed by atoms with Crippen LogP contribution in [0.25, 0.3) is 0 Å². The molecule has 4 heteroatoms. The zero-order chi connectivity index (χ0) is 20.1. The van der Waals surface area contributed by atoms with Gasteiger partial charge in [-0.3, -0.25) is 0 Å². The summed E-state index contributed by atoms with van der Waals surface area (Å²) in [6.07, 6.45) is 0.822. The third-order valence-corrected chi connectivity index (χ3v) is 6.44. The molecular weight excluding hydrogens is 364 g/mol. The summed E-state index contributed by atoms with van der Waals surface area (Å²) in [7, 11) is 3.35. The lowest BCUT2D eigenvalue weighted by Gasteiger charge is -2.56. The summed E-state index contributed by atoms with van der Waals surface area (Å²) in [5, 5.41) is 0. The number of hydrogen-bond acceptors (Lipinski definition) is 4. The van der Waals surface area contributed by atoms with Gasteiger partial charge >= 0.3 is 0 Å². The van der Waals surface area contributed by atoms with Gasteiger partial charge in [0.1, 0.15) is 11.5 Å². The van der Waals surface area contributed by atoms with Gasteiger partial charge in [0, 0.05) is 5.92 Å². The molecule has 6 rings (SSSR count). The molecule has 3 aliphatic rings. The zero-order valence-corrected chi connectivity index (χ0v) is 16.8. The Hall–Kier alpha value is -2.82.